The van der Waals surface area contributed by atoms with E-state index in [2.05, 4.69) is 0 Å². The van der Waals surface area contributed by atoms with Gasteiger partial charge in [0.15, 0.2) is 0 Å². The summed E-state index contributed by atoms with van der Waals surface area (Å²) < 4.78 is 27.0. The topological polar surface area (TPSA) is 63.4 Å². The van der Waals surface area contributed by atoms with Gasteiger partial charge in [0.05, 0.1) is 10.6 Å². The molecule has 0 bridgehead atoms. The molecule has 5 heteroatoms. The summed E-state index contributed by atoms with van der Waals surface area (Å²) in [4.78, 5) is 0.293. The van der Waals surface area contributed by atoms with Crippen LogP contribution in [-0.4, -0.2) is 15.0 Å². The lowest BCUT2D eigenvalue weighted by Crippen LogP contribution is -2.29. The highest BCUT2D eigenvalue weighted by molar-refractivity contribution is 7.92. The van der Waals surface area contributed by atoms with E-state index < -0.39 is 10.0 Å². The molecule has 2 N–H and O–H groups in total. The second-order valence-electron chi connectivity index (χ2n) is 4.97. The molecule has 0 aliphatic carbocycles. The maximum absolute atomic E-state index is 12.7. The molecule has 1 aliphatic heterocycles. The Kier molecular flexibility index (Phi) is 2.94. The number of nitrogens with two attached hydrogens (primary N) is 1. The number of nitrogens with zero attached hydrogens (tertiary/aromatic N) is 1. The fourth-order valence-electron chi connectivity index (χ4n) is 2.49. The van der Waals surface area contributed by atoms with E-state index in [-0.39, 0.29) is 0 Å². The van der Waals surface area contributed by atoms with E-state index in [1.807, 2.05) is 31.2 Å². The van der Waals surface area contributed by atoms with Crippen molar-refractivity contribution in [1.82, 2.24) is 0 Å². The number of nitrogen functional groups attached to an aromatic ring is 1. The summed E-state index contributed by atoms with van der Waals surface area (Å²) in [7, 11) is -3.51. The summed E-state index contributed by atoms with van der Waals surface area (Å²) in [6, 6.07) is 12.5. The number of anilines is 2. The van der Waals surface area contributed by atoms with E-state index in [1.54, 1.807) is 18.2 Å². The minimum atomic E-state index is -3.51. The molecule has 0 atom stereocenters. The zero-order valence-electron chi connectivity index (χ0n) is 11.2. The first kappa shape index (κ1) is 13.0. The molecule has 0 fully saturated rings. The van der Waals surface area contributed by atoms with Gasteiger partial charge in [-0.25, -0.2) is 8.42 Å². The standard InChI is InChI=1S/C15H16N2O2S/c1-11-10-13(6-7-14(11)16)20(18,19)17-9-8-12-4-2-3-5-15(12)17/h2-7,10H,8-9,16H2,1H3. The van der Waals surface area contributed by atoms with Crippen molar-refractivity contribution in [1.29, 1.82) is 0 Å². The Morgan fingerprint density at radius 2 is 1.90 bits per heavy atom. The number of hydrogen-bond acceptors (Lipinski definition) is 3. The highest BCUT2D eigenvalue weighted by atomic mass is 32.2. The maximum atomic E-state index is 12.7. The van der Waals surface area contributed by atoms with Crippen LogP contribution >= 0.6 is 0 Å². The summed E-state index contributed by atoms with van der Waals surface area (Å²) in [5.74, 6) is 0. The van der Waals surface area contributed by atoms with Gasteiger partial charge in [-0.1, -0.05) is 18.2 Å². The average molecular weight is 288 g/mol. The molecule has 2 aromatic carbocycles. The van der Waals surface area contributed by atoms with Crippen molar-refractivity contribution in [2.45, 2.75) is 18.2 Å². The van der Waals surface area contributed by atoms with Gasteiger partial charge in [-0.3, -0.25) is 4.31 Å². The largest absolute Gasteiger partial charge is 0.399 e. The Balaban J connectivity index is 2.07. The van der Waals surface area contributed by atoms with Crippen LogP contribution in [0.15, 0.2) is 47.4 Å². The molecule has 1 aliphatic rings. The number of aryl methyl sites for hydroxylation is 1. The van der Waals surface area contributed by atoms with E-state index in [4.69, 9.17) is 5.73 Å². The molecule has 3 rings (SSSR count). The first-order chi connectivity index (χ1) is 9.50. The van der Waals surface area contributed by atoms with Gasteiger partial charge in [0.1, 0.15) is 0 Å². The Morgan fingerprint density at radius 3 is 2.65 bits per heavy atom. The molecule has 0 spiro atoms. The van der Waals surface area contributed by atoms with Gasteiger partial charge in [0.2, 0.25) is 0 Å². The number of rotatable bonds is 2. The van der Waals surface area contributed by atoms with Crippen molar-refractivity contribution >= 4 is 21.4 Å². The molecule has 0 unspecified atom stereocenters. The summed E-state index contributed by atoms with van der Waals surface area (Å²) in [5, 5.41) is 0. The molecule has 0 amide bonds. The molecule has 0 saturated carbocycles. The molecule has 104 valence electrons. The van der Waals surface area contributed by atoms with E-state index in [1.165, 1.54) is 4.31 Å². The first-order valence-electron chi connectivity index (χ1n) is 6.47. The molecule has 2 aromatic rings. The summed E-state index contributed by atoms with van der Waals surface area (Å²) in [5.41, 5.74) is 8.98. The van der Waals surface area contributed by atoms with Gasteiger partial charge in [-0.05, 0) is 48.7 Å². The Morgan fingerprint density at radius 1 is 1.15 bits per heavy atom. The SMILES string of the molecule is Cc1cc(S(=O)(=O)N2CCc3ccccc32)ccc1N. The lowest BCUT2D eigenvalue weighted by molar-refractivity contribution is 0.592. The van der Waals surface area contributed by atoms with Crippen molar-refractivity contribution in [3.8, 4) is 0 Å². The minimum Gasteiger partial charge on any atom is -0.399 e. The first-order valence-corrected chi connectivity index (χ1v) is 7.91. The smallest absolute Gasteiger partial charge is 0.264 e. The summed E-state index contributed by atoms with van der Waals surface area (Å²) in [6.45, 7) is 2.30. The van der Waals surface area contributed by atoms with Crippen molar-refractivity contribution in [2.75, 3.05) is 16.6 Å². The van der Waals surface area contributed by atoms with E-state index in [0.29, 0.717) is 17.1 Å². The van der Waals surface area contributed by atoms with Gasteiger partial charge in [-0.2, -0.15) is 0 Å². The summed E-state index contributed by atoms with van der Waals surface area (Å²) in [6.07, 6.45) is 0.753. The normalized spacial score (nSPS) is 14.3. The van der Waals surface area contributed by atoms with Crippen LogP contribution in [0.3, 0.4) is 0 Å². The predicted octanol–water partition coefficient (Wildman–Crippen LogP) is 2.33. The molecule has 0 aromatic heterocycles. The monoisotopic (exact) mass is 288 g/mol. The Labute approximate surface area is 118 Å². The van der Waals surface area contributed by atoms with Crippen LogP contribution in [0.25, 0.3) is 0 Å². The number of para-hydroxylation sites is 1. The number of sulfonamides is 1. The van der Waals surface area contributed by atoms with Crippen LogP contribution in [0.5, 0.6) is 0 Å². The lowest BCUT2D eigenvalue weighted by Gasteiger charge is -2.20. The molecule has 0 saturated heterocycles. The molecule has 4 nitrogen and oxygen atoms in total. The third-order valence-electron chi connectivity index (χ3n) is 3.67. The van der Waals surface area contributed by atoms with Crippen molar-refractivity contribution in [2.24, 2.45) is 0 Å². The predicted molar refractivity (Wildman–Crippen MR) is 80.3 cm³/mol. The third-order valence-corrected chi connectivity index (χ3v) is 5.48. The second-order valence-corrected chi connectivity index (χ2v) is 6.84. The fourth-order valence-corrected chi connectivity index (χ4v) is 4.08. The number of fused-ring (bicyclic) bond motifs is 1. The molecule has 1 heterocycles. The molecule has 20 heavy (non-hydrogen) atoms. The van der Waals surface area contributed by atoms with E-state index in [0.717, 1.165) is 23.2 Å². The van der Waals surface area contributed by atoms with Crippen molar-refractivity contribution in [3.63, 3.8) is 0 Å². The van der Waals surface area contributed by atoms with Crippen LogP contribution in [0, 0.1) is 6.92 Å². The van der Waals surface area contributed by atoms with Crippen molar-refractivity contribution in [3.05, 3.63) is 53.6 Å². The Hall–Kier alpha value is -2.01. The second kappa shape index (κ2) is 4.52. The van der Waals surface area contributed by atoms with Crippen LogP contribution in [-0.2, 0) is 16.4 Å². The van der Waals surface area contributed by atoms with Gasteiger partial charge >= 0.3 is 0 Å². The quantitative estimate of drug-likeness (QED) is 0.863. The van der Waals surface area contributed by atoms with Gasteiger partial charge in [-0.15, -0.1) is 0 Å². The number of hydrogen-bond donors (Lipinski definition) is 1. The van der Waals surface area contributed by atoms with Gasteiger partial charge < -0.3 is 5.73 Å². The summed E-state index contributed by atoms with van der Waals surface area (Å²) >= 11 is 0. The zero-order valence-corrected chi connectivity index (χ0v) is 12.0. The fraction of sp³-hybridized carbons (Fsp3) is 0.200. The third kappa shape index (κ3) is 1.94. The molecular formula is C15H16N2O2S. The van der Waals surface area contributed by atoms with E-state index in [9.17, 15) is 8.42 Å². The van der Waals surface area contributed by atoms with Crippen LogP contribution in [0.2, 0.25) is 0 Å². The Bertz CT molecular complexity index is 769. The molecule has 0 radical (unpaired) electrons. The highest BCUT2D eigenvalue weighted by Crippen LogP contribution is 2.33. The highest BCUT2D eigenvalue weighted by Gasteiger charge is 2.30. The zero-order chi connectivity index (χ0) is 14.3. The van der Waals surface area contributed by atoms with Crippen molar-refractivity contribution < 1.29 is 8.42 Å². The number of benzene rings is 2. The van der Waals surface area contributed by atoms with E-state index >= 15 is 0 Å². The minimum absolute atomic E-state index is 0.293. The average Bonchev–Trinajstić information content (AvgIpc) is 2.86. The molecular weight excluding hydrogens is 272 g/mol. The maximum Gasteiger partial charge on any atom is 0.264 e. The van der Waals surface area contributed by atoms with Gasteiger partial charge in [0.25, 0.3) is 10.0 Å². The van der Waals surface area contributed by atoms with Crippen LogP contribution < -0.4 is 10.0 Å². The van der Waals surface area contributed by atoms with Crippen LogP contribution in [0.1, 0.15) is 11.1 Å². The van der Waals surface area contributed by atoms with Crippen LogP contribution in [0.4, 0.5) is 11.4 Å². The lowest BCUT2D eigenvalue weighted by atomic mass is 10.2. The van der Waals surface area contributed by atoms with Gasteiger partial charge in [0, 0.05) is 12.2 Å².